The molecule has 6 nitrogen and oxygen atoms in total. The van der Waals surface area contributed by atoms with Crippen molar-refractivity contribution in [3.8, 4) is 0 Å². The molecule has 1 aromatic heterocycles. The lowest BCUT2D eigenvalue weighted by molar-refractivity contribution is -0.143. The van der Waals surface area contributed by atoms with Gasteiger partial charge in [-0.1, -0.05) is 12.2 Å². The summed E-state index contributed by atoms with van der Waals surface area (Å²) in [6.07, 6.45) is 8.67. The fraction of sp³-hybridized carbons (Fsp3) is 0.588. The second-order valence-electron chi connectivity index (χ2n) is 6.30. The number of carbonyl (C=O) groups is 1. The van der Waals surface area contributed by atoms with Crippen LogP contribution in [0.2, 0.25) is 0 Å². The molecule has 1 fully saturated rings. The third-order valence-corrected chi connectivity index (χ3v) is 4.39. The summed E-state index contributed by atoms with van der Waals surface area (Å²) < 4.78 is 5.85. The zero-order valence-electron chi connectivity index (χ0n) is 13.8. The number of nitrogens with zero attached hydrogens (tertiary/aromatic N) is 4. The minimum atomic E-state index is -0.173. The van der Waals surface area contributed by atoms with Gasteiger partial charge in [0.15, 0.2) is 0 Å². The number of amides is 1. The Balaban J connectivity index is 1.69. The molecule has 1 amide bonds. The van der Waals surface area contributed by atoms with Gasteiger partial charge in [0.2, 0.25) is 11.9 Å². The molecule has 6 heteroatoms. The van der Waals surface area contributed by atoms with Crippen LogP contribution in [0.3, 0.4) is 0 Å². The third-order valence-electron chi connectivity index (χ3n) is 4.39. The van der Waals surface area contributed by atoms with Gasteiger partial charge in [-0.05, 0) is 25.3 Å². The number of aromatic nitrogens is 2. The molecule has 0 radical (unpaired) electrons. The van der Waals surface area contributed by atoms with Crippen LogP contribution in [0.4, 0.5) is 5.95 Å². The first-order valence-corrected chi connectivity index (χ1v) is 8.21. The van der Waals surface area contributed by atoms with E-state index in [0.717, 1.165) is 25.0 Å². The lowest BCUT2D eigenvalue weighted by Crippen LogP contribution is -2.45. The van der Waals surface area contributed by atoms with E-state index < -0.39 is 0 Å². The van der Waals surface area contributed by atoms with E-state index in [1.54, 1.807) is 6.20 Å². The smallest absolute Gasteiger partial charge is 0.226 e. The van der Waals surface area contributed by atoms with Crippen LogP contribution in [0.1, 0.15) is 31.1 Å². The van der Waals surface area contributed by atoms with Crippen molar-refractivity contribution in [1.29, 1.82) is 0 Å². The summed E-state index contributed by atoms with van der Waals surface area (Å²) >= 11 is 0. The molecular formula is C17H24N4O2. The summed E-state index contributed by atoms with van der Waals surface area (Å²) in [6, 6.07) is 1.87. The first-order chi connectivity index (χ1) is 11.1. The molecule has 1 aromatic rings. The lowest BCUT2D eigenvalue weighted by Gasteiger charge is -2.35. The van der Waals surface area contributed by atoms with Crippen LogP contribution < -0.4 is 4.90 Å². The highest BCUT2D eigenvalue weighted by Crippen LogP contribution is 2.26. The van der Waals surface area contributed by atoms with Crippen molar-refractivity contribution < 1.29 is 9.53 Å². The first kappa shape index (κ1) is 15.9. The predicted octanol–water partition coefficient (Wildman–Crippen LogP) is 1.80. The molecule has 0 saturated carbocycles. The average molecular weight is 316 g/mol. The van der Waals surface area contributed by atoms with Crippen molar-refractivity contribution in [3.05, 3.63) is 30.1 Å². The Bertz CT molecular complexity index is 588. The van der Waals surface area contributed by atoms with Crippen LogP contribution in [0.5, 0.6) is 0 Å². The highest BCUT2D eigenvalue weighted by atomic mass is 16.5. The maximum atomic E-state index is 12.7. The summed E-state index contributed by atoms with van der Waals surface area (Å²) in [6.45, 7) is 1.80. The molecule has 0 unspecified atom stereocenters. The maximum absolute atomic E-state index is 12.7. The van der Waals surface area contributed by atoms with Gasteiger partial charge in [-0.25, -0.2) is 9.97 Å². The fourth-order valence-corrected chi connectivity index (χ4v) is 3.06. The normalized spacial score (nSPS) is 24.5. The predicted molar refractivity (Wildman–Crippen MR) is 88.1 cm³/mol. The van der Waals surface area contributed by atoms with Crippen molar-refractivity contribution in [1.82, 2.24) is 14.9 Å². The van der Waals surface area contributed by atoms with E-state index in [0.29, 0.717) is 25.6 Å². The molecule has 0 spiro atoms. The minimum Gasteiger partial charge on any atom is -0.368 e. The minimum absolute atomic E-state index is 0.126. The van der Waals surface area contributed by atoms with Crippen molar-refractivity contribution in [2.24, 2.45) is 5.92 Å². The zero-order valence-corrected chi connectivity index (χ0v) is 13.8. The van der Waals surface area contributed by atoms with Crippen molar-refractivity contribution in [2.45, 2.75) is 25.4 Å². The molecular weight excluding hydrogens is 292 g/mol. The number of hydrogen-bond acceptors (Lipinski definition) is 5. The SMILES string of the molecule is CN(C)c1nccc([C@@H]2CN(C(=O)[C@H]3CC=CCC3)CCO2)n1. The quantitative estimate of drug-likeness (QED) is 0.796. The highest BCUT2D eigenvalue weighted by Gasteiger charge is 2.30. The summed E-state index contributed by atoms with van der Waals surface area (Å²) in [4.78, 5) is 25.3. The van der Waals surface area contributed by atoms with Gasteiger partial charge in [0.05, 0.1) is 18.8 Å². The monoisotopic (exact) mass is 316 g/mol. The molecule has 0 N–H and O–H groups in total. The Labute approximate surface area is 137 Å². The number of rotatable bonds is 3. The van der Waals surface area contributed by atoms with Gasteiger partial charge in [-0.15, -0.1) is 0 Å². The van der Waals surface area contributed by atoms with Gasteiger partial charge in [0, 0.05) is 32.8 Å². The van der Waals surface area contributed by atoms with Crippen LogP contribution in [-0.4, -0.2) is 54.6 Å². The van der Waals surface area contributed by atoms with E-state index in [1.165, 1.54) is 0 Å². The number of hydrogen-bond donors (Lipinski definition) is 0. The highest BCUT2D eigenvalue weighted by molar-refractivity contribution is 5.79. The molecule has 2 atom stereocenters. The van der Waals surface area contributed by atoms with Gasteiger partial charge < -0.3 is 14.5 Å². The number of morpholine rings is 1. The zero-order chi connectivity index (χ0) is 16.2. The van der Waals surface area contributed by atoms with Crippen LogP contribution >= 0.6 is 0 Å². The summed E-state index contributed by atoms with van der Waals surface area (Å²) in [5, 5.41) is 0. The van der Waals surface area contributed by atoms with Crippen LogP contribution in [-0.2, 0) is 9.53 Å². The Morgan fingerprint density at radius 3 is 3.00 bits per heavy atom. The van der Waals surface area contributed by atoms with Gasteiger partial charge >= 0.3 is 0 Å². The maximum Gasteiger partial charge on any atom is 0.226 e. The third kappa shape index (κ3) is 3.69. The van der Waals surface area contributed by atoms with Crippen molar-refractivity contribution in [3.63, 3.8) is 0 Å². The molecule has 0 aromatic carbocycles. The largest absolute Gasteiger partial charge is 0.368 e. The molecule has 3 rings (SSSR count). The second kappa shape index (κ2) is 7.08. The number of ether oxygens (including phenoxy) is 1. The molecule has 1 aliphatic carbocycles. The molecule has 0 bridgehead atoms. The van der Waals surface area contributed by atoms with E-state index in [-0.39, 0.29) is 17.9 Å². The lowest BCUT2D eigenvalue weighted by atomic mass is 9.93. The number of carbonyl (C=O) groups excluding carboxylic acids is 1. The van der Waals surface area contributed by atoms with Crippen LogP contribution in [0.25, 0.3) is 0 Å². The molecule has 124 valence electrons. The summed E-state index contributed by atoms with van der Waals surface area (Å²) in [5.41, 5.74) is 0.838. The van der Waals surface area contributed by atoms with Gasteiger partial charge in [0.25, 0.3) is 0 Å². The Kier molecular flexibility index (Phi) is 4.91. The van der Waals surface area contributed by atoms with Gasteiger partial charge in [-0.2, -0.15) is 0 Å². The van der Waals surface area contributed by atoms with Gasteiger partial charge in [-0.3, -0.25) is 4.79 Å². The van der Waals surface area contributed by atoms with E-state index in [9.17, 15) is 4.79 Å². The molecule has 1 aliphatic heterocycles. The summed E-state index contributed by atoms with van der Waals surface area (Å²) in [7, 11) is 3.82. The number of allylic oxidation sites excluding steroid dienone is 2. The Morgan fingerprint density at radius 1 is 1.39 bits per heavy atom. The summed E-state index contributed by atoms with van der Waals surface area (Å²) in [5.74, 6) is 1.04. The fourth-order valence-electron chi connectivity index (χ4n) is 3.06. The molecule has 23 heavy (non-hydrogen) atoms. The second-order valence-corrected chi connectivity index (χ2v) is 6.30. The van der Waals surface area contributed by atoms with E-state index in [4.69, 9.17) is 4.74 Å². The Hall–Kier alpha value is -1.95. The topological polar surface area (TPSA) is 58.6 Å². The molecule has 1 saturated heterocycles. The van der Waals surface area contributed by atoms with Crippen LogP contribution in [0, 0.1) is 5.92 Å². The molecule has 2 aliphatic rings. The van der Waals surface area contributed by atoms with E-state index in [1.807, 2.05) is 30.0 Å². The first-order valence-electron chi connectivity index (χ1n) is 8.21. The van der Waals surface area contributed by atoms with E-state index >= 15 is 0 Å². The molecule has 2 heterocycles. The van der Waals surface area contributed by atoms with Crippen molar-refractivity contribution in [2.75, 3.05) is 38.7 Å². The van der Waals surface area contributed by atoms with Crippen molar-refractivity contribution >= 4 is 11.9 Å². The standard InChI is InChI=1S/C17H24N4O2/c1-20(2)17-18-9-8-14(19-17)15-12-21(10-11-23-15)16(22)13-6-4-3-5-7-13/h3-4,8-9,13,15H,5-7,10-12H2,1-2H3/t13-,15-/m0/s1. The number of anilines is 1. The van der Waals surface area contributed by atoms with Gasteiger partial charge in [0.1, 0.15) is 6.10 Å². The Morgan fingerprint density at radius 2 is 2.26 bits per heavy atom. The van der Waals surface area contributed by atoms with Crippen LogP contribution in [0.15, 0.2) is 24.4 Å². The average Bonchev–Trinajstić information content (AvgIpc) is 2.62. The van der Waals surface area contributed by atoms with E-state index in [2.05, 4.69) is 22.1 Å².